The molecule has 114 valence electrons. The molecule has 2 N–H and O–H groups in total. The first-order valence-corrected chi connectivity index (χ1v) is 7.11. The average molecular weight is 280 g/mol. The summed E-state index contributed by atoms with van der Waals surface area (Å²) >= 11 is 0. The first-order chi connectivity index (χ1) is 9.09. The van der Waals surface area contributed by atoms with E-state index in [1.54, 1.807) is 7.11 Å². The van der Waals surface area contributed by atoms with Crippen LogP contribution in [0.3, 0.4) is 0 Å². The second-order valence-corrected chi connectivity index (χ2v) is 6.91. The zero-order chi connectivity index (χ0) is 15.6. The fourth-order valence-electron chi connectivity index (χ4n) is 2.31. The van der Waals surface area contributed by atoms with Gasteiger partial charge in [-0.1, -0.05) is 20.8 Å². The average Bonchev–Trinajstić information content (AvgIpc) is 2.28. The molecule has 4 heteroatoms. The molecule has 0 spiro atoms. The van der Waals surface area contributed by atoms with E-state index in [-0.39, 0.29) is 11.0 Å². The lowest BCUT2D eigenvalue weighted by molar-refractivity contribution is 0.189. The highest BCUT2D eigenvalue weighted by Gasteiger charge is 2.24. The highest BCUT2D eigenvalue weighted by Crippen LogP contribution is 2.23. The van der Waals surface area contributed by atoms with E-state index in [0.29, 0.717) is 18.7 Å². The predicted octanol–water partition coefficient (Wildman–Crippen LogP) is 2.38. The van der Waals surface area contributed by atoms with E-state index in [4.69, 9.17) is 10.5 Å². The van der Waals surface area contributed by atoms with E-state index in [9.17, 15) is 4.79 Å². The molecule has 0 atom stereocenters. The minimum absolute atomic E-state index is 0.0148. The summed E-state index contributed by atoms with van der Waals surface area (Å²) in [6.45, 7) is 11.4. The topological polar surface area (TPSA) is 57.2 Å². The van der Waals surface area contributed by atoms with Gasteiger partial charge in [0.2, 0.25) is 0 Å². The van der Waals surface area contributed by atoms with Gasteiger partial charge in [0.25, 0.3) is 5.56 Å². The number of ether oxygens (including phenoxy) is 1. The number of hydrogen-bond acceptors (Lipinski definition) is 3. The Balaban J connectivity index is 3.35. The summed E-state index contributed by atoms with van der Waals surface area (Å²) in [7, 11) is 1.67. The van der Waals surface area contributed by atoms with Crippen LogP contribution in [-0.2, 0) is 22.2 Å². The third kappa shape index (κ3) is 3.93. The Morgan fingerprint density at radius 3 is 2.25 bits per heavy atom. The SMILES string of the molecule is COCCCn1c(C(C)(C)C)ccc(C(C)(C)N)c1=O. The molecule has 0 unspecified atom stereocenters. The number of nitrogens with two attached hydrogens (primary N) is 1. The molecule has 0 aromatic carbocycles. The van der Waals surface area contributed by atoms with E-state index >= 15 is 0 Å². The molecule has 0 aliphatic heterocycles. The Labute approximate surface area is 121 Å². The normalized spacial score (nSPS) is 12.8. The minimum Gasteiger partial charge on any atom is -0.385 e. The van der Waals surface area contributed by atoms with Crippen molar-refractivity contribution in [1.29, 1.82) is 0 Å². The smallest absolute Gasteiger partial charge is 0.255 e. The van der Waals surface area contributed by atoms with Crippen molar-refractivity contribution in [3.05, 3.63) is 33.7 Å². The van der Waals surface area contributed by atoms with E-state index < -0.39 is 5.54 Å². The minimum atomic E-state index is -0.628. The summed E-state index contributed by atoms with van der Waals surface area (Å²) in [6.07, 6.45) is 0.813. The molecule has 0 saturated carbocycles. The van der Waals surface area contributed by atoms with Gasteiger partial charge in [-0.2, -0.15) is 0 Å². The monoisotopic (exact) mass is 280 g/mol. The molecule has 0 aliphatic rings. The van der Waals surface area contributed by atoms with Crippen molar-refractivity contribution < 1.29 is 4.74 Å². The maximum atomic E-state index is 12.7. The van der Waals surface area contributed by atoms with Crippen molar-refractivity contribution in [3.63, 3.8) is 0 Å². The molecule has 4 nitrogen and oxygen atoms in total. The van der Waals surface area contributed by atoms with Crippen LogP contribution in [0.25, 0.3) is 0 Å². The molecular weight excluding hydrogens is 252 g/mol. The largest absolute Gasteiger partial charge is 0.385 e. The van der Waals surface area contributed by atoms with Gasteiger partial charge in [0.1, 0.15) is 0 Å². The van der Waals surface area contributed by atoms with Gasteiger partial charge in [-0.25, -0.2) is 0 Å². The molecule has 0 bridgehead atoms. The number of rotatable bonds is 5. The van der Waals surface area contributed by atoms with Crippen LogP contribution in [0.1, 0.15) is 52.3 Å². The summed E-state index contributed by atoms with van der Waals surface area (Å²) in [6, 6.07) is 3.90. The molecule has 0 amide bonds. The molecule has 0 radical (unpaired) electrons. The second-order valence-electron chi connectivity index (χ2n) is 6.91. The molecular formula is C16H28N2O2. The maximum absolute atomic E-state index is 12.7. The quantitative estimate of drug-likeness (QED) is 0.842. The van der Waals surface area contributed by atoms with Crippen molar-refractivity contribution in [2.24, 2.45) is 5.73 Å². The Morgan fingerprint density at radius 2 is 1.80 bits per heavy atom. The van der Waals surface area contributed by atoms with Gasteiger partial charge in [-0.05, 0) is 32.4 Å². The lowest BCUT2D eigenvalue weighted by atomic mass is 9.89. The number of aromatic nitrogens is 1. The van der Waals surface area contributed by atoms with E-state index in [1.165, 1.54) is 0 Å². The van der Waals surface area contributed by atoms with E-state index in [2.05, 4.69) is 20.8 Å². The van der Waals surface area contributed by atoms with E-state index in [0.717, 1.165) is 12.1 Å². The van der Waals surface area contributed by atoms with Gasteiger partial charge in [0.05, 0.1) is 0 Å². The highest BCUT2D eigenvalue weighted by atomic mass is 16.5. The van der Waals surface area contributed by atoms with Gasteiger partial charge in [0.15, 0.2) is 0 Å². The first-order valence-electron chi connectivity index (χ1n) is 7.11. The third-order valence-corrected chi connectivity index (χ3v) is 3.37. The second kappa shape index (κ2) is 6.10. The van der Waals surface area contributed by atoms with Gasteiger partial charge in [0, 0.05) is 42.5 Å². The predicted molar refractivity (Wildman–Crippen MR) is 83.1 cm³/mol. The standard InChI is InChI=1S/C16H28N2O2/c1-15(2,3)13-9-8-12(16(4,5)17)14(19)18(13)10-7-11-20-6/h8-9H,7,10-11,17H2,1-6H3. The Bertz CT molecular complexity index is 505. The van der Waals surface area contributed by atoms with Crippen LogP contribution in [0.2, 0.25) is 0 Å². The van der Waals surface area contributed by atoms with Crippen LogP contribution in [0.15, 0.2) is 16.9 Å². The zero-order valence-corrected chi connectivity index (χ0v) is 13.6. The summed E-state index contributed by atoms with van der Waals surface area (Å²) in [5.74, 6) is 0. The number of pyridine rings is 1. The summed E-state index contributed by atoms with van der Waals surface area (Å²) in [5.41, 5.74) is 7.10. The highest BCUT2D eigenvalue weighted by molar-refractivity contribution is 5.25. The maximum Gasteiger partial charge on any atom is 0.255 e. The molecule has 20 heavy (non-hydrogen) atoms. The summed E-state index contributed by atoms with van der Waals surface area (Å²) < 4.78 is 6.94. The van der Waals surface area contributed by atoms with Crippen LogP contribution in [0.4, 0.5) is 0 Å². The Hall–Kier alpha value is -1.13. The van der Waals surface area contributed by atoms with Crippen LogP contribution < -0.4 is 11.3 Å². The van der Waals surface area contributed by atoms with Gasteiger partial charge in [-0.15, -0.1) is 0 Å². The van der Waals surface area contributed by atoms with E-state index in [1.807, 2.05) is 30.5 Å². The van der Waals surface area contributed by atoms with Gasteiger partial charge < -0.3 is 15.0 Å². The number of hydrogen-bond donors (Lipinski definition) is 1. The van der Waals surface area contributed by atoms with Crippen molar-refractivity contribution in [2.75, 3.05) is 13.7 Å². The van der Waals surface area contributed by atoms with Crippen molar-refractivity contribution in [1.82, 2.24) is 4.57 Å². The lowest BCUT2D eigenvalue weighted by Gasteiger charge is -2.27. The summed E-state index contributed by atoms with van der Waals surface area (Å²) in [5, 5.41) is 0. The summed E-state index contributed by atoms with van der Waals surface area (Å²) in [4.78, 5) is 12.7. The van der Waals surface area contributed by atoms with Crippen LogP contribution in [0.5, 0.6) is 0 Å². The zero-order valence-electron chi connectivity index (χ0n) is 13.6. The number of nitrogens with zero attached hydrogens (tertiary/aromatic N) is 1. The first kappa shape index (κ1) is 16.9. The molecule has 0 saturated heterocycles. The molecule has 1 aromatic heterocycles. The van der Waals surface area contributed by atoms with Crippen LogP contribution in [-0.4, -0.2) is 18.3 Å². The molecule has 0 fully saturated rings. The van der Waals surface area contributed by atoms with Gasteiger partial charge >= 0.3 is 0 Å². The van der Waals surface area contributed by atoms with Crippen LogP contribution in [0, 0.1) is 0 Å². The Kier molecular flexibility index (Phi) is 5.16. The van der Waals surface area contributed by atoms with Crippen molar-refractivity contribution in [2.45, 2.75) is 58.5 Å². The van der Waals surface area contributed by atoms with Crippen molar-refractivity contribution in [3.8, 4) is 0 Å². The Morgan fingerprint density at radius 1 is 1.20 bits per heavy atom. The molecule has 1 rings (SSSR count). The lowest BCUT2D eigenvalue weighted by Crippen LogP contribution is -2.40. The van der Waals surface area contributed by atoms with Crippen LogP contribution >= 0.6 is 0 Å². The molecule has 1 aromatic rings. The van der Waals surface area contributed by atoms with Gasteiger partial charge in [-0.3, -0.25) is 4.79 Å². The molecule has 1 heterocycles. The fourth-order valence-corrected chi connectivity index (χ4v) is 2.31. The van der Waals surface area contributed by atoms with Crippen molar-refractivity contribution >= 4 is 0 Å². The third-order valence-electron chi connectivity index (χ3n) is 3.37. The number of methoxy groups -OCH3 is 1. The fraction of sp³-hybridized carbons (Fsp3) is 0.688. The molecule has 0 aliphatic carbocycles.